The normalized spacial score (nSPS) is 14.1. The van der Waals surface area contributed by atoms with Gasteiger partial charge in [0.1, 0.15) is 18.2 Å². The van der Waals surface area contributed by atoms with E-state index in [2.05, 4.69) is 5.32 Å². The number of hydrogen-bond acceptors (Lipinski definition) is 3. The van der Waals surface area contributed by atoms with E-state index >= 15 is 0 Å². The molecule has 0 bridgehead atoms. The molecule has 1 N–H and O–H groups in total. The fraction of sp³-hybridized carbons (Fsp3) is 0.533. The van der Waals surface area contributed by atoms with Gasteiger partial charge in [-0.05, 0) is 25.0 Å². The molecule has 2 rings (SSSR count). The summed E-state index contributed by atoms with van der Waals surface area (Å²) in [5.41, 5.74) is 0. The number of carbonyl (C=O) groups excluding carboxylic acids is 1. The fourth-order valence-electron chi connectivity index (χ4n) is 1.84. The number of hydrogen-bond donors (Lipinski definition) is 1. The molecule has 0 saturated heterocycles. The van der Waals surface area contributed by atoms with Crippen molar-refractivity contribution in [3.63, 3.8) is 0 Å². The molecule has 1 amide bonds. The molecule has 4 nitrogen and oxygen atoms in total. The van der Waals surface area contributed by atoms with E-state index < -0.39 is 0 Å². The number of nitrogens with zero attached hydrogens (tertiary/aromatic N) is 1. The molecule has 0 heterocycles. The Balaban J connectivity index is 1.60. The van der Waals surface area contributed by atoms with Crippen molar-refractivity contribution >= 4 is 5.91 Å². The lowest BCUT2D eigenvalue weighted by Gasteiger charge is -2.17. The van der Waals surface area contributed by atoms with Crippen LogP contribution in [-0.4, -0.2) is 43.6 Å². The number of rotatable bonds is 8. The van der Waals surface area contributed by atoms with Crippen molar-refractivity contribution < 1.29 is 13.9 Å². The second kappa shape index (κ2) is 7.24. The summed E-state index contributed by atoms with van der Waals surface area (Å²) in [6.07, 6.45) is 2.96. The van der Waals surface area contributed by atoms with E-state index in [0.29, 0.717) is 31.4 Å². The minimum Gasteiger partial charge on any atom is -0.492 e. The molecule has 1 aliphatic carbocycles. The molecular weight excluding hydrogens is 259 g/mol. The summed E-state index contributed by atoms with van der Waals surface area (Å²) in [5.74, 6) is 0.264. The molecule has 5 heteroatoms. The Morgan fingerprint density at radius 3 is 3.00 bits per heavy atom. The standard InChI is InChI=1S/C15H21FN2O2/c1-18(15(19)7-8-17-13-5-6-13)9-10-20-14-4-2-3-12(16)11-14/h2-4,11,13,17H,5-10H2,1H3. The predicted octanol–water partition coefficient (Wildman–Crippen LogP) is 1.80. The van der Waals surface area contributed by atoms with E-state index in [1.165, 1.54) is 25.0 Å². The molecule has 110 valence electrons. The average molecular weight is 280 g/mol. The lowest BCUT2D eigenvalue weighted by Crippen LogP contribution is -2.33. The van der Waals surface area contributed by atoms with Crippen molar-refractivity contribution in [3.05, 3.63) is 30.1 Å². The van der Waals surface area contributed by atoms with Gasteiger partial charge in [0.2, 0.25) is 5.91 Å². The molecule has 0 aromatic heterocycles. The van der Waals surface area contributed by atoms with E-state index in [-0.39, 0.29) is 11.7 Å². The molecule has 1 aromatic carbocycles. The van der Waals surface area contributed by atoms with Crippen LogP contribution >= 0.6 is 0 Å². The highest BCUT2D eigenvalue weighted by Crippen LogP contribution is 2.18. The fourth-order valence-corrected chi connectivity index (χ4v) is 1.84. The predicted molar refractivity (Wildman–Crippen MR) is 75.2 cm³/mol. The second-order valence-corrected chi connectivity index (χ2v) is 5.10. The first-order chi connectivity index (χ1) is 9.65. The SMILES string of the molecule is CN(CCOc1cccc(F)c1)C(=O)CCNC1CC1. The summed E-state index contributed by atoms with van der Waals surface area (Å²) < 4.78 is 18.4. The third-order valence-electron chi connectivity index (χ3n) is 3.27. The third kappa shape index (κ3) is 5.17. The molecule has 0 radical (unpaired) electrons. The largest absolute Gasteiger partial charge is 0.492 e. The maximum absolute atomic E-state index is 12.9. The zero-order valence-corrected chi connectivity index (χ0v) is 11.8. The molecule has 0 unspecified atom stereocenters. The molecule has 0 atom stereocenters. The van der Waals surface area contributed by atoms with Gasteiger partial charge in [-0.1, -0.05) is 6.07 Å². The van der Waals surface area contributed by atoms with Crippen LogP contribution in [0.5, 0.6) is 5.75 Å². The summed E-state index contributed by atoms with van der Waals surface area (Å²) in [5, 5.41) is 3.31. The number of carbonyl (C=O) groups is 1. The van der Waals surface area contributed by atoms with Crippen molar-refractivity contribution in [2.45, 2.75) is 25.3 Å². The van der Waals surface area contributed by atoms with Crippen molar-refractivity contribution in [1.29, 1.82) is 0 Å². The average Bonchev–Trinajstić information content (AvgIpc) is 3.22. The minimum absolute atomic E-state index is 0.0981. The maximum Gasteiger partial charge on any atom is 0.223 e. The maximum atomic E-state index is 12.9. The Labute approximate surface area is 118 Å². The summed E-state index contributed by atoms with van der Waals surface area (Å²) >= 11 is 0. The van der Waals surface area contributed by atoms with Crippen LogP contribution in [0.4, 0.5) is 4.39 Å². The highest BCUT2D eigenvalue weighted by molar-refractivity contribution is 5.76. The Hall–Kier alpha value is -1.62. The van der Waals surface area contributed by atoms with Gasteiger partial charge >= 0.3 is 0 Å². The highest BCUT2D eigenvalue weighted by Gasteiger charge is 2.20. The van der Waals surface area contributed by atoms with Crippen LogP contribution in [0, 0.1) is 5.82 Å². The van der Waals surface area contributed by atoms with E-state index in [9.17, 15) is 9.18 Å². The number of ether oxygens (including phenoxy) is 1. The summed E-state index contributed by atoms with van der Waals surface area (Å²) in [6.45, 7) is 1.60. The van der Waals surface area contributed by atoms with Gasteiger partial charge in [-0.25, -0.2) is 4.39 Å². The molecule has 1 aliphatic rings. The molecule has 0 aliphatic heterocycles. The van der Waals surface area contributed by atoms with E-state index in [1.54, 1.807) is 24.1 Å². The summed E-state index contributed by atoms with van der Waals surface area (Å²) in [6, 6.07) is 6.63. The van der Waals surface area contributed by atoms with Gasteiger partial charge in [0.25, 0.3) is 0 Å². The monoisotopic (exact) mass is 280 g/mol. The summed E-state index contributed by atoms with van der Waals surface area (Å²) in [7, 11) is 1.76. The van der Waals surface area contributed by atoms with E-state index in [4.69, 9.17) is 4.74 Å². The highest BCUT2D eigenvalue weighted by atomic mass is 19.1. The van der Waals surface area contributed by atoms with Crippen LogP contribution in [-0.2, 0) is 4.79 Å². The first kappa shape index (κ1) is 14.8. The Morgan fingerprint density at radius 2 is 2.30 bits per heavy atom. The smallest absolute Gasteiger partial charge is 0.223 e. The first-order valence-electron chi connectivity index (χ1n) is 7.01. The van der Waals surface area contributed by atoms with Gasteiger partial charge in [-0.15, -0.1) is 0 Å². The van der Waals surface area contributed by atoms with Gasteiger partial charge in [-0.2, -0.15) is 0 Å². The Bertz CT molecular complexity index is 449. The quantitative estimate of drug-likeness (QED) is 0.789. The lowest BCUT2D eigenvalue weighted by atomic mass is 10.3. The van der Waals surface area contributed by atoms with Gasteiger partial charge in [0, 0.05) is 32.1 Å². The van der Waals surface area contributed by atoms with Crippen LogP contribution in [0.25, 0.3) is 0 Å². The molecule has 1 fully saturated rings. The molecule has 0 spiro atoms. The van der Waals surface area contributed by atoms with Crippen LogP contribution in [0.1, 0.15) is 19.3 Å². The van der Waals surface area contributed by atoms with E-state index in [0.717, 1.165) is 6.54 Å². The van der Waals surface area contributed by atoms with Crippen molar-refractivity contribution in [3.8, 4) is 5.75 Å². The van der Waals surface area contributed by atoms with Gasteiger partial charge in [0.05, 0.1) is 6.54 Å². The molecular formula is C15H21FN2O2. The van der Waals surface area contributed by atoms with Crippen molar-refractivity contribution in [1.82, 2.24) is 10.2 Å². The molecule has 1 saturated carbocycles. The number of likely N-dealkylation sites (N-methyl/N-ethyl adjacent to an activating group) is 1. The molecule has 20 heavy (non-hydrogen) atoms. The summed E-state index contributed by atoms with van der Waals surface area (Å²) in [4.78, 5) is 13.5. The number of halogens is 1. The third-order valence-corrected chi connectivity index (χ3v) is 3.27. The minimum atomic E-state index is -0.321. The van der Waals surface area contributed by atoms with Crippen LogP contribution < -0.4 is 10.1 Å². The Morgan fingerprint density at radius 1 is 1.50 bits per heavy atom. The van der Waals surface area contributed by atoms with Gasteiger partial charge < -0.3 is 15.0 Å². The van der Waals surface area contributed by atoms with Crippen molar-refractivity contribution in [2.75, 3.05) is 26.7 Å². The number of nitrogens with one attached hydrogen (secondary N) is 1. The second-order valence-electron chi connectivity index (χ2n) is 5.10. The van der Waals surface area contributed by atoms with Crippen LogP contribution in [0.2, 0.25) is 0 Å². The zero-order chi connectivity index (χ0) is 14.4. The number of benzene rings is 1. The lowest BCUT2D eigenvalue weighted by molar-refractivity contribution is -0.130. The Kier molecular flexibility index (Phi) is 5.35. The first-order valence-corrected chi connectivity index (χ1v) is 7.01. The molecule has 1 aromatic rings. The topological polar surface area (TPSA) is 41.6 Å². The number of amides is 1. The van der Waals surface area contributed by atoms with Crippen LogP contribution in [0.15, 0.2) is 24.3 Å². The van der Waals surface area contributed by atoms with Gasteiger partial charge in [0.15, 0.2) is 0 Å². The van der Waals surface area contributed by atoms with Gasteiger partial charge in [-0.3, -0.25) is 4.79 Å². The van der Waals surface area contributed by atoms with Crippen molar-refractivity contribution in [2.24, 2.45) is 0 Å². The zero-order valence-electron chi connectivity index (χ0n) is 11.8. The van der Waals surface area contributed by atoms with Crippen LogP contribution in [0.3, 0.4) is 0 Å². The van der Waals surface area contributed by atoms with E-state index in [1.807, 2.05) is 0 Å².